The standard InChI is InChI=1S/C9H18N2O3S/c1-11(5-2-4-10)9(12)8-3-6-15(13,14)7-8/h8H,2-7,10H2,1H3. The Morgan fingerprint density at radius 1 is 1.53 bits per heavy atom. The Kier molecular flexibility index (Phi) is 4.10. The maximum atomic E-state index is 11.8. The number of hydrogen-bond acceptors (Lipinski definition) is 4. The molecular weight excluding hydrogens is 216 g/mol. The summed E-state index contributed by atoms with van der Waals surface area (Å²) in [7, 11) is -1.27. The SMILES string of the molecule is CN(CCCN)C(=O)C1CCS(=O)(=O)C1. The zero-order valence-electron chi connectivity index (χ0n) is 8.98. The summed E-state index contributed by atoms with van der Waals surface area (Å²) in [5, 5.41) is 0. The second-order valence-electron chi connectivity index (χ2n) is 4.00. The molecule has 0 saturated carbocycles. The Bertz CT molecular complexity index is 326. The number of nitrogens with two attached hydrogens (primary N) is 1. The van der Waals surface area contributed by atoms with E-state index in [1.165, 1.54) is 0 Å². The van der Waals surface area contributed by atoms with Crippen LogP contribution >= 0.6 is 0 Å². The first kappa shape index (κ1) is 12.4. The molecule has 88 valence electrons. The van der Waals surface area contributed by atoms with E-state index in [1.807, 2.05) is 0 Å². The minimum Gasteiger partial charge on any atom is -0.345 e. The van der Waals surface area contributed by atoms with Crippen LogP contribution in [0.4, 0.5) is 0 Å². The second kappa shape index (κ2) is 4.94. The molecule has 0 spiro atoms. The minimum atomic E-state index is -2.97. The van der Waals surface area contributed by atoms with E-state index in [0.717, 1.165) is 6.42 Å². The van der Waals surface area contributed by atoms with Gasteiger partial charge in [0.25, 0.3) is 0 Å². The number of rotatable bonds is 4. The minimum absolute atomic E-state index is 0.0127. The Labute approximate surface area is 90.5 Å². The molecule has 1 amide bonds. The zero-order valence-corrected chi connectivity index (χ0v) is 9.79. The summed E-state index contributed by atoms with van der Waals surface area (Å²) < 4.78 is 22.4. The van der Waals surface area contributed by atoms with Crippen LogP contribution in [0.5, 0.6) is 0 Å². The Morgan fingerprint density at radius 2 is 2.20 bits per heavy atom. The van der Waals surface area contributed by atoms with Gasteiger partial charge in [-0.05, 0) is 19.4 Å². The number of amides is 1. The molecule has 5 nitrogen and oxygen atoms in total. The highest BCUT2D eigenvalue weighted by Gasteiger charge is 2.34. The topological polar surface area (TPSA) is 80.5 Å². The Hall–Kier alpha value is -0.620. The van der Waals surface area contributed by atoms with Crippen molar-refractivity contribution >= 4 is 15.7 Å². The molecule has 2 N–H and O–H groups in total. The number of carbonyl (C=O) groups is 1. The van der Waals surface area contributed by atoms with Gasteiger partial charge in [0.2, 0.25) is 5.91 Å². The fraction of sp³-hybridized carbons (Fsp3) is 0.889. The van der Waals surface area contributed by atoms with Gasteiger partial charge in [0.1, 0.15) is 0 Å². The van der Waals surface area contributed by atoms with Crippen LogP contribution in [-0.2, 0) is 14.6 Å². The molecule has 0 bridgehead atoms. The first-order valence-electron chi connectivity index (χ1n) is 5.12. The second-order valence-corrected chi connectivity index (χ2v) is 6.23. The summed E-state index contributed by atoms with van der Waals surface area (Å²) >= 11 is 0. The number of sulfone groups is 1. The lowest BCUT2D eigenvalue weighted by atomic mass is 10.1. The van der Waals surface area contributed by atoms with Crippen LogP contribution in [0.25, 0.3) is 0 Å². The average Bonchev–Trinajstić information content (AvgIpc) is 2.54. The summed E-state index contributed by atoms with van der Waals surface area (Å²) in [6.07, 6.45) is 1.22. The van der Waals surface area contributed by atoms with Gasteiger partial charge in [-0.2, -0.15) is 0 Å². The molecule has 0 radical (unpaired) electrons. The van der Waals surface area contributed by atoms with Crippen LogP contribution in [0.15, 0.2) is 0 Å². The Morgan fingerprint density at radius 3 is 2.67 bits per heavy atom. The summed E-state index contributed by atoms with van der Waals surface area (Å²) in [6, 6.07) is 0. The van der Waals surface area contributed by atoms with Crippen molar-refractivity contribution in [3.63, 3.8) is 0 Å². The molecule has 1 aliphatic rings. The highest BCUT2D eigenvalue weighted by molar-refractivity contribution is 7.91. The summed E-state index contributed by atoms with van der Waals surface area (Å²) in [6.45, 7) is 1.15. The van der Waals surface area contributed by atoms with Crippen LogP contribution in [0.2, 0.25) is 0 Å². The van der Waals surface area contributed by atoms with Crippen molar-refractivity contribution in [1.82, 2.24) is 4.90 Å². The zero-order chi connectivity index (χ0) is 11.5. The fourth-order valence-electron chi connectivity index (χ4n) is 1.74. The smallest absolute Gasteiger partial charge is 0.226 e. The van der Waals surface area contributed by atoms with Gasteiger partial charge in [-0.3, -0.25) is 4.79 Å². The van der Waals surface area contributed by atoms with E-state index < -0.39 is 9.84 Å². The lowest BCUT2D eigenvalue weighted by Gasteiger charge is -2.19. The summed E-state index contributed by atoms with van der Waals surface area (Å²) in [5.41, 5.74) is 5.34. The van der Waals surface area contributed by atoms with E-state index in [-0.39, 0.29) is 23.3 Å². The molecule has 1 heterocycles. The molecule has 0 aromatic carbocycles. The highest BCUT2D eigenvalue weighted by Crippen LogP contribution is 2.20. The average molecular weight is 234 g/mol. The van der Waals surface area contributed by atoms with Crippen LogP contribution in [0.3, 0.4) is 0 Å². The van der Waals surface area contributed by atoms with Crippen LogP contribution in [0.1, 0.15) is 12.8 Å². The molecule has 0 aromatic rings. The molecule has 1 saturated heterocycles. The predicted molar refractivity (Wildman–Crippen MR) is 58.1 cm³/mol. The maximum absolute atomic E-state index is 11.8. The van der Waals surface area contributed by atoms with Crippen molar-refractivity contribution in [3.05, 3.63) is 0 Å². The van der Waals surface area contributed by atoms with Crippen molar-refractivity contribution in [2.75, 3.05) is 31.6 Å². The van der Waals surface area contributed by atoms with Crippen LogP contribution < -0.4 is 5.73 Å². The molecular formula is C9H18N2O3S. The van der Waals surface area contributed by atoms with Gasteiger partial charge < -0.3 is 10.6 Å². The van der Waals surface area contributed by atoms with E-state index >= 15 is 0 Å². The van der Waals surface area contributed by atoms with Crippen LogP contribution in [-0.4, -0.2) is 50.9 Å². The van der Waals surface area contributed by atoms with Gasteiger partial charge in [0.05, 0.1) is 17.4 Å². The molecule has 0 aromatic heterocycles. The Balaban J connectivity index is 2.48. The van der Waals surface area contributed by atoms with Gasteiger partial charge in [-0.15, -0.1) is 0 Å². The third kappa shape index (κ3) is 3.46. The van der Waals surface area contributed by atoms with Crippen LogP contribution in [0, 0.1) is 5.92 Å². The largest absolute Gasteiger partial charge is 0.345 e. The summed E-state index contributed by atoms with van der Waals surface area (Å²) in [4.78, 5) is 13.3. The first-order valence-corrected chi connectivity index (χ1v) is 6.94. The van der Waals surface area contributed by atoms with Crippen molar-refractivity contribution in [2.24, 2.45) is 11.7 Å². The molecule has 1 unspecified atom stereocenters. The van der Waals surface area contributed by atoms with Crippen molar-refractivity contribution in [3.8, 4) is 0 Å². The normalized spacial score (nSPS) is 24.0. The van der Waals surface area contributed by atoms with Crippen molar-refractivity contribution in [2.45, 2.75) is 12.8 Å². The van der Waals surface area contributed by atoms with E-state index in [9.17, 15) is 13.2 Å². The van der Waals surface area contributed by atoms with Gasteiger partial charge in [0.15, 0.2) is 9.84 Å². The molecule has 1 rings (SSSR count). The number of nitrogens with zero attached hydrogens (tertiary/aromatic N) is 1. The monoisotopic (exact) mass is 234 g/mol. The maximum Gasteiger partial charge on any atom is 0.226 e. The predicted octanol–water partition coefficient (Wildman–Crippen LogP) is -0.772. The molecule has 6 heteroatoms. The first-order chi connectivity index (χ1) is 6.96. The van der Waals surface area contributed by atoms with Crippen molar-refractivity contribution in [1.29, 1.82) is 0 Å². The highest BCUT2D eigenvalue weighted by atomic mass is 32.2. The van der Waals surface area contributed by atoms with E-state index in [4.69, 9.17) is 5.73 Å². The lowest BCUT2D eigenvalue weighted by Crippen LogP contribution is -2.34. The lowest BCUT2D eigenvalue weighted by molar-refractivity contribution is -0.133. The van der Waals surface area contributed by atoms with Gasteiger partial charge in [-0.25, -0.2) is 8.42 Å². The summed E-state index contributed by atoms with van der Waals surface area (Å²) in [5.74, 6) is -0.241. The van der Waals surface area contributed by atoms with Gasteiger partial charge >= 0.3 is 0 Å². The van der Waals surface area contributed by atoms with Crippen molar-refractivity contribution < 1.29 is 13.2 Å². The van der Waals surface area contributed by atoms with E-state index in [2.05, 4.69) is 0 Å². The molecule has 1 fully saturated rings. The molecule has 1 aliphatic heterocycles. The van der Waals surface area contributed by atoms with Gasteiger partial charge in [0, 0.05) is 13.6 Å². The quantitative estimate of drug-likeness (QED) is 0.692. The van der Waals surface area contributed by atoms with E-state index in [0.29, 0.717) is 19.5 Å². The molecule has 1 atom stereocenters. The third-order valence-corrected chi connectivity index (χ3v) is 4.42. The number of carbonyl (C=O) groups excluding carboxylic acids is 1. The fourth-order valence-corrected chi connectivity index (χ4v) is 3.47. The molecule has 15 heavy (non-hydrogen) atoms. The number of hydrogen-bond donors (Lipinski definition) is 1. The third-order valence-electron chi connectivity index (χ3n) is 2.66. The van der Waals surface area contributed by atoms with E-state index in [1.54, 1.807) is 11.9 Å². The van der Waals surface area contributed by atoms with Gasteiger partial charge in [-0.1, -0.05) is 0 Å². The molecule has 0 aliphatic carbocycles.